The van der Waals surface area contributed by atoms with Crippen LogP contribution < -0.4 is 9.64 Å². The minimum Gasteiger partial charge on any atom is -0.496 e. The molecule has 0 saturated carbocycles. The van der Waals surface area contributed by atoms with E-state index in [9.17, 15) is 4.79 Å². The Morgan fingerprint density at radius 2 is 1.83 bits per heavy atom. The van der Waals surface area contributed by atoms with Crippen molar-refractivity contribution >= 4 is 46.0 Å². The van der Waals surface area contributed by atoms with Gasteiger partial charge in [0, 0.05) is 5.56 Å². The Morgan fingerprint density at radius 1 is 1.13 bits per heavy atom. The molecule has 1 aliphatic heterocycles. The molecule has 0 atom stereocenters. The zero-order chi connectivity index (χ0) is 16.4. The number of nitrogens with zero attached hydrogens (tertiary/aromatic N) is 1. The second-order valence-electron chi connectivity index (χ2n) is 5.05. The normalized spacial score (nSPS) is 16.3. The number of carbonyl (C=O) groups excluding carboxylic acids is 1. The van der Waals surface area contributed by atoms with Gasteiger partial charge in [-0.1, -0.05) is 60.4 Å². The molecule has 1 aliphatic rings. The summed E-state index contributed by atoms with van der Waals surface area (Å²) in [4.78, 5) is 15.0. The average molecular weight is 341 g/mol. The summed E-state index contributed by atoms with van der Waals surface area (Å²) in [5.41, 5.74) is 2.71. The van der Waals surface area contributed by atoms with E-state index in [2.05, 4.69) is 0 Å². The summed E-state index contributed by atoms with van der Waals surface area (Å²) in [7, 11) is 1.62. The number of hydrogen-bond donors (Lipinski definition) is 0. The van der Waals surface area contributed by atoms with Crippen LogP contribution in [0.4, 0.5) is 5.69 Å². The van der Waals surface area contributed by atoms with Crippen molar-refractivity contribution in [2.24, 2.45) is 0 Å². The van der Waals surface area contributed by atoms with Crippen molar-refractivity contribution in [1.82, 2.24) is 0 Å². The summed E-state index contributed by atoms with van der Waals surface area (Å²) >= 11 is 6.72. The number of ether oxygens (including phenoxy) is 1. The number of anilines is 1. The average Bonchev–Trinajstić information content (AvgIpc) is 2.83. The molecule has 2 aromatic rings. The highest BCUT2D eigenvalue weighted by molar-refractivity contribution is 8.27. The molecule has 1 amide bonds. The SMILES string of the molecule is COc1ccccc1C=C1SC(=S)N(c2ccccc2C)C1=O. The number of benzene rings is 2. The van der Waals surface area contributed by atoms with Gasteiger partial charge in [0.2, 0.25) is 0 Å². The van der Waals surface area contributed by atoms with Crippen LogP contribution in [0.25, 0.3) is 6.08 Å². The van der Waals surface area contributed by atoms with Crippen molar-refractivity contribution in [1.29, 1.82) is 0 Å². The van der Waals surface area contributed by atoms with Crippen molar-refractivity contribution in [2.45, 2.75) is 6.92 Å². The third-order valence-corrected chi connectivity index (χ3v) is 4.88. The van der Waals surface area contributed by atoms with E-state index in [-0.39, 0.29) is 5.91 Å². The molecule has 1 saturated heterocycles. The molecule has 1 heterocycles. The van der Waals surface area contributed by atoms with Crippen LogP contribution in [-0.2, 0) is 4.79 Å². The van der Waals surface area contributed by atoms with E-state index >= 15 is 0 Å². The highest BCUT2D eigenvalue weighted by atomic mass is 32.2. The van der Waals surface area contributed by atoms with Crippen molar-refractivity contribution in [3.63, 3.8) is 0 Å². The summed E-state index contributed by atoms with van der Waals surface area (Å²) in [5.74, 6) is 0.633. The molecule has 5 heteroatoms. The molecule has 3 nitrogen and oxygen atoms in total. The smallest absolute Gasteiger partial charge is 0.270 e. The van der Waals surface area contributed by atoms with Gasteiger partial charge in [-0.05, 0) is 30.7 Å². The van der Waals surface area contributed by atoms with Gasteiger partial charge < -0.3 is 4.74 Å². The van der Waals surface area contributed by atoms with Gasteiger partial charge in [0.25, 0.3) is 5.91 Å². The molecule has 0 aliphatic carbocycles. The van der Waals surface area contributed by atoms with Gasteiger partial charge in [0.15, 0.2) is 4.32 Å². The number of para-hydroxylation sites is 2. The van der Waals surface area contributed by atoms with Crippen LogP contribution in [0.15, 0.2) is 53.4 Å². The second-order valence-corrected chi connectivity index (χ2v) is 6.72. The number of rotatable bonds is 3. The molecule has 23 heavy (non-hydrogen) atoms. The van der Waals surface area contributed by atoms with E-state index in [0.717, 1.165) is 22.6 Å². The molecule has 0 bridgehead atoms. The van der Waals surface area contributed by atoms with Crippen LogP contribution in [0.3, 0.4) is 0 Å². The molecule has 0 aromatic heterocycles. The summed E-state index contributed by atoms with van der Waals surface area (Å²) in [6.45, 7) is 1.97. The zero-order valence-corrected chi connectivity index (χ0v) is 14.4. The highest BCUT2D eigenvalue weighted by Gasteiger charge is 2.34. The van der Waals surface area contributed by atoms with Gasteiger partial charge in [0.05, 0.1) is 17.7 Å². The first-order chi connectivity index (χ1) is 11.1. The van der Waals surface area contributed by atoms with Crippen LogP contribution in [0.5, 0.6) is 5.75 Å². The number of methoxy groups -OCH3 is 1. The quantitative estimate of drug-likeness (QED) is 0.611. The van der Waals surface area contributed by atoms with E-state index in [1.165, 1.54) is 11.8 Å². The Labute approximate surface area is 144 Å². The monoisotopic (exact) mass is 341 g/mol. The zero-order valence-electron chi connectivity index (χ0n) is 12.8. The lowest BCUT2D eigenvalue weighted by molar-refractivity contribution is -0.113. The van der Waals surface area contributed by atoms with Gasteiger partial charge in [0.1, 0.15) is 5.75 Å². The lowest BCUT2D eigenvalue weighted by atomic mass is 10.1. The molecule has 0 spiro atoms. The summed E-state index contributed by atoms with van der Waals surface area (Å²) in [5, 5.41) is 0. The van der Waals surface area contributed by atoms with Crippen LogP contribution in [0, 0.1) is 6.92 Å². The number of thioether (sulfide) groups is 1. The van der Waals surface area contributed by atoms with Gasteiger partial charge in [-0.2, -0.15) is 0 Å². The van der Waals surface area contributed by atoms with E-state index in [4.69, 9.17) is 17.0 Å². The molecular weight excluding hydrogens is 326 g/mol. The Balaban J connectivity index is 1.99. The number of hydrogen-bond acceptors (Lipinski definition) is 4. The van der Waals surface area contributed by atoms with E-state index in [0.29, 0.717) is 9.23 Å². The number of aryl methyl sites for hydroxylation is 1. The lowest BCUT2D eigenvalue weighted by Crippen LogP contribution is -2.28. The van der Waals surface area contributed by atoms with E-state index in [1.807, 2.05) is 61.5 Å². The molecule has 3 rings (SSSR count). The Kier molecular flexibility index (Phi) is 4.50. The number of carbonyl (C=O) groups is 1. The predicted molar refractivity (Wildman–Crippen MR) is 99.8 cm³/mol. The minimum absolute atomic E-state index is 0.0970. The van der Waals surface area contributed by atoms with Crippen LogP contribution >= 0.6 is 24.0 Å². The first kappa shape index (κ1) is 15.8. The lowest BCUT2D eigenvalue weighted by Gasteiger charge is -2.16. The maximum absolute atomic E-state index is 12.8. The standard InChI is InChI=1S/C18H15NO2S2/c1-12-7-3-5-9-14(12)19-17(20)16(23-18(19)22)11-13-8-4-6-10-15(13)21-2/h3-11H,1-2H3. The van der Waals surface area contributed by atoms with Gasteiger partial charge in [-0.25, -0.2) is 0 Å². The van der Waals surface area contributed by atoms with Crippen LogP contribution in [0.1, 0.15) is 11.1 Å². The maximum Gasteiger partial charge on any atom is 0.270 e. The first-order valence-electron chi connectivity index (χ1n) is 7.08. The molecule has 1 fully saturated rings. The second kappa shape index (κ2) is 6.56. The summed E-state index contributed by atoms with van der Waals surface area (Å²) in [6.07, 6.45) is 1.83. The molecule has 0 unspecified atom stereocenters. The van der Waals surface area contributed by atoms with Crippen molar-refractivity contribution in [3.8, 4) is 5.75 Å². The fourth-order valence-corrected chi connectivity index (χ4v) is 3.69. The van der Waals surface area contributed by atoms with Crippen molar-refractivity contribution < 1.29 is 9.53 Å². The van der Waals surface area contributed by atoms with Crippen molar-refractivity contribution in [2.75, 3.05) is 12.0 Å². The van der Waals surface area contributed by atoms with Gasteiger partial charge >= 0.3 is 0 Å². The van der Waals surface area contributed by atoms with Gasteiger partial charge in [-0.15, -0.1) is 0 Å². The highest BCUT2D eigenvalue weighted by Crippen LogP contribution is 2.38. The van der Waals surface area contributed by atoms with Gasteiger partial charge in [-0.3, -0.25) is 9.69 Å². The number of amides is 1. The molecule has 116 valence electrons. The van der Waals surface area contributed by atoms with Crippen LogP contribution in [0.2, 0.25) is 0 Å². The molecule has 0 N–H and O–H groups in total. The fourth-order valence-electron chi connectivity index (χ4n) is 2.42. The molecule has 2 aromatic carbocycles. The Morgan fingerprint density at radius 3 is 2.57 bits per heavy atom. The third-order valence-electron chi connectivity index (χ3n) is 3.58. The summed E-state index contributed by atoms with van der Waals surface area (Å²) < 4.78 is 5.88. The Bertz CT molecular complexity index is 814. The third kappa shape index (κ3) is 3.02. The number of thiocarbonyl (C=S) groups is 1. The first-order valence-corrected chi connectivity index (χ1v) is 8.31. The fraction of sp³-hybridized carbons (Fsp3) is 0.111. The Hall–Kier alpha value is -2.11. The van der Waals surface area contributed by atoms with Crippen molar-refractivity contribution in [3.05, 3.63) is 64.6 Å². The summed E-state index contributed by atoms with van der Waals surface area (Å²) in [6, 6.07) is 15.3. The maximum atomic E-state index is 12.8. The topological polar surface area (TPSA) is 29.5 Å². The minimum atomic E-state index is -0.0970. The molecule has 0 radical (unpaired) electrons. The largest absolute Gasteiger partial charge is 0.496 e. The molecular formula is C18H15NO2S2. The van der Waals surface area contributed by atoms with Crippen LogP contribution in [-0.4, -0.2) is 17.3 Å². The predicted octanol–water partition coefficient (Wildman–Crippen LogP) is 4.41. The van der Waals surface area contributed by atoms with E-state index < -0.39 is 0 Å². The van der Waals surface area contributed by atoms with E-state index in [1.54, 1.807) is 12.0 Å².